The highest BCUT2D eigenvalue weighted by atomic mass is 15.1. The molecule has 0 bridgehead atoms. The van der Waals surface area contributed by atoms with E-state index in [1.807, 2.05) is 0 Å². The van der Waals surface area contributed by atoms with Gasteiger partial charge in [0.15, 0.2) is 0 Å². The normalized spacial score (nSPS) is 15.9. The molecule has 0 fully saturated rings. The summed E-state index contributed by atoms with van der Waals surface area (Å²) in [6, 6.07) is 89.5. The Morgan fingerprint density at radius 1 is 0.246 bits per heavy atom. The molecule has 4 aliphatic carbocycles. The predicted molar refractivity (Wildman–Crippen MR) is 269 cm³/mol. The number of anilines is 3. The number of fused-ring (bicyclic) bond motifs is 24. The molecule has 11 aromatic rings. The second-order valence-corrected chi connectivity index (χ2v) is 18.2. The molecule has 65 heavy (non-hydrogen) atoms. The number of nitrogens with zero attached hydrogens (tertiary/aromatic N) is 1. The number of rotatable bonds is 3. The van der Waals surface area contributed by atoms with Crippen LogP contribution >= 0.6 is 0 Å². The van der Waals surface area contributed by atoms with Crippen molar-refractivity contribution in [2.24, 2.45) is 0 Å². The summed E-state index contributed by atoms with van der Waals surface area (Å²) in [5.74, 6) is 0. The lowest BCUT2D eigenvalue weighted by Crippen LogP contribution is -2.27. The van der Waals surface area contributed by atoms with E-state index in [4.69, 9.17) is 0 Å². The summed E-state index contributed by atoms with van der Waals surface area (Å²) in [5, 5.41) is 5.13. The Balaban J connectivity index is 1.02. The summed E-state index contributed by atoms with van der Waals surface area (Å²) in [6.45, 7) is 0. The average Bonchev–Trinajstić information content (AvgIpc) is 4.06. The Morgan fingerprint density at radius 3 is 1.31 bits per heavy atom. The number of para-hydroxylation sites is 1. The van der Waals surface area contributed by atoms with Gasteiger partial charge < -0.3 is 4.90 Å². The van der Waals surface area contributed by atoms with Crippen LogP contribution in [0.25, 0.3) is 66.1 Å². The van der Waals surface area contributed by atoms with Crippen LogP contribution in [0.15, 0.2) is 237 Å². The molecule has 0 aromatic heterocycles. The first-order chi connectivity index (χ1) is 32.3. The Hall–Kier alpha value is -8.26. The van der Waals surface area contributed by atoms with Gasteiger partial charge in [-0.05, 0) is 147 Å². The maximum atomic E-state index is 2.53. The molecule has 15 rings (SSSR count). The van der Waals surface area contributed by atoms with Crippen molar-refractivity contribution in [2.45, 2.75) is 10.8 Å². The van der Waals surface area contributed by atoms with Crippen LogP contribution in [0.4, 0.5) is 17.1 Å². The monoisotopic (exact) mass is 821 g/mol. The predicted octanol–water partition coefficient (Wildman–Crippen LogP) is 16.1. The number of hydrogen-bond acceptors (Lipinski definition) is 1. The first-order valence-corrected chi connectivity index (χ1v) is 22.8. The van der Waals surface area contributed by atoms with Crippen molar-refractivity contribution < 1.29 is 0 Å². The van der Waals surface area contributed by atoms with Crippen molar-refractivity contribution in [3.8, 4) is 44.5 Å². The first kappa shape index (κ1) is 35.2. The molecule has 4 aliphatic rings. The van der Waals surface area contributed by atoms with Gasteiger partial charge in [-0.3, -0.25) is 0 Å². The highest BCUT2D eigenvalue weighted by molar-refractivity contribution is 6.08. The molecule has 1 nitrogen and oxygen atoms in total. The number of hydrogen-bond donors (Lipinski definition) is 0. The van der Waals surface area contributed by atoms with Crippen LogP contribution in [0.3, 0.4) is 0 Å². The van der Waals surface area contributed by atoms with Crippen LogP contribution in [0.5, 0.6) is 0 Å². The molecular weight excluding hydrogens is 783 g/mol. The van der Waals surface area contributed by atoms with Gasteiger partial charge >= 0.3 is 0 Å². The maximum Gasteiger partial charge on any atom is 0.0732 e. The highest BCUT2D eigenvalue weighted by Crippen LogP contribution is 2.66. The van der Waals surface area contributed by atoms with Crippen LogP contribution in [0.2, 0.25) is 0 Å². The lowest BCUT2D eigenvalue weighted by Gasteiger charge is -2.34. The third-order valence-corrected chi connectivity index (χ3v) is 15.4. The molecule has 1 heteroatoms. The van der Waals surface area contributed by atoms with Crippen molar-refractivity contribution in [3.05, 3.63) is 281 Å². The molecule has 0 radical (unpaired) electrons. The fraction of sp³-hybridized carbons (Fsp3) is 0.0312. The SMILES string of the molecule is c1ccc(N(c2ccc3c(c2)C2(c4ccccc4-c4ccccc42)c2ccc4ccccc4c2-3)c2ccc3c(c2)C2(c4ccccc4-3)c3ccccc3-c3ccc4ccccc4c32)cc1. The second kappa shape index (κ2) is 12.7. The molecule has 0 saturated heterocycles. The van der Waals surface area contributed by atoms with Crippen LogP contribution in [0, 0.1) is 0 Å². The summed E-state index contributed by atoms with van der Waals surface area (Å²) in [7, 11) is 0. The molecule has 1 atom stereocenters. The van der Waals surface area contributed by atoms with E-state index in [0.29, 0.717) is 0 Å². The van der Waals surface area contributed by atoms with E-state index in [-0.39, 0.29) is 0 Å². The van der Waals surface area contributed by atoms with Gasteiger partial charge in [0.1, 0.15) is 0 Å². The van der Waals surface area contributed by atoms with Gasteiger partial charge in [-0.15, -0.1) is 0 Å². The lowest BCUT2D eigenvalue weighted by molar-refractivity contribution is 0.794. The molecule has 0 N–H and O–H groups in total. The second-order valence-electron chi connectivity index (χ2n) is 18.2. The maximum absolute atomic E-state index is 2.53. The van der Waals surface area contributed by atoms with Crippen molar-refractivity contribution in [1.82, 2.24) is 0 Å². The van der Waals surface area contributed by atoms with Crippen LogP contribution in [0.1, 0.15) is 44.5 Å². The Labute approximate surface area is 378 Å². The van der Waals surface area contributed by atoms with Gasteiger partial charge in [-0.1, -0.05) is 200 Å². The molecule has 1 unspecified atom stereocenters. The molecule has 11 aromatic carbocycles. The Kier molecular flexibility index (Phi) is 6.88. The van der Waals surface area contributed by atoms with Gasteiger partial charge in [0.2, 0.25) is 0 Å². The van der Waals surface area contributed by atoms with Gasteiger partial charge in [0, 0.05) is 17.1 Å². The van der Waals surface area contributed by atoms with E-state index < -0.39 is 10.8 Å². The molecule has 0 aliphatic heterocycles. The van der Waals surface area contributed by atoms with Crippen LogP contribution < -0.4 is 4.90 Å². The van der Waals surface area contributed by atoms with E-state index in [0.717, 1.165) is 17.1 Å². The van der Waals surface area contributed by atoms with Crippen molar-refractivity contribution in [1.29, 1.82) is 0 Å². The highest BCUT2D eigenvalue weighted by Gasteiger charge is 2.54. The van der Waals surface area contributed by atoms with Gasteiger partial charge in [0.05, 0.1) is 10.8 Å². The topological polar surface area (TPSA) is 3.24 Å². The van der Waals surface area contributed by atoms with Gasteiger partial charge in [-0.25, -0.2) is 0 Å². The summed E-state index contributed by atoms with van der Waals surface area (Å²) in [6.07, 6.45) is 0. The molecule has 0 amide bonds. The number of benzene rings is 11. The van der Waals surface area contributed by atoms with E-state index >= 15 is 0 Å². The van der Waals surface area contributed by atoms with Crippen molar-refractivity contribution >= 4 is 38.6 Å². The molecule has 0 heterocycles. The van der Waals surface area contributed by atoms with E-state index in [1.54, 1.807) is 0 Å². The van der Waals surface area contributed by atoms with Gasteiger partial charge in [0.25, 0.3) is 0 Å². The quantitative estimate of drug-likeness (QED) is 0.172. The van der Waals surface area contributed by atoms with E-state index in [9.17, 15) is 0 Å². The summed E-state index contributed by atoms with van der Waals surface area (Å²) in [4.78, 5) is 2.50. The van der Waals surface area contributed by atoms with Crippen molar-refractivity contribution in [2.75, 3.05) is 4.90 Å². The Bertz CT molecular complexity index is 3800. The smallest absolute Gasteiger partial charge is 0.0732 e. The summed E-state index contributed by atoms with van der Waals surface area (Å²) in [5.41, 5.74) is 23.7. The van der Waals surface area contributed by atoms with E-state index in [2.05, 4.69) is 241 Å². The third kappa shape index (κ3) is 4.29. The Morgan fingerprint density at radius 2 is 0.677 bits per heavy atom. The minimum Gasteiger partial charge on any atom is -0.310 e. The van der Waals surface area contributed by atoms with Crippen LogP contribution in [-0.2, 0) is 10.8 Å². The van der Waals surface area contributed by atoms with E-state index in [1.165, 1.54) is 111 Å². The zero-order chi connectivity index (χ0) is 42.4. The minimum absolute atomic E-state index is 0.484. The third-order valence-electron chi connectivity index (χ3n) is 15.4. The molecular formula is C64H39N. The fourth-order valence-electron chi connectivity index (χ4n) is 13.1. The largest absolute Gasteiger partial charge is 0.310 e. The lowest BCUT2D eigenvalue weighted by atomic mass is 9.69. The molecule has 300 valence electrons. The fourth-order valence-corrected chi connectivity index (χ4v) is 13.1. The standard InChI is InChI=1S/C64H39N/c1-2-18-42(19-3-1)65(43-32-35-51-49-24-10-14-28-56(49)64(59(51)38-43)57-29-15-11-25-50(57)52-34-30-41-17-5-7-21-46(41)62(52)64)44-33-36-53-60(39-44)63(58-37-31-40-16-4-6-20-45(40)61(53)58)54-26-12-8-22-47(54)48-23-9-13-27-55(48)63/h1-39H. The zero-order valence-electron chi connectivity index (χ0n) is 35.5. The van der Waals surface area contributed by atoms with Gasteiger partial charge in [-0.2, -0.15) is 0 Å². The summed E-state index contributed by atoms with van der Waals surface area (Å²) >= 11 is 0. The molecule has 0 saturated carbocycles. The summed E-state index contributed by atoms with van der Waals surface area (Å²) < 4.78 is 0. The minimum atomic E-state index is -0.501. The van der Waals surface area contributed by atoms with Crippen molar-refractivity contribution in [3.63, 3.8) is 0 Å². The first-order valence-electron chi connectivity index (χ1n) is 22.8. The zero-order valence-corrected chi connectivity index (χ0v) is 35.5. The average molecular weight is 822 g/mol. The molecule has 2 spiro atoms. The van der Waals surface area contributed by atoms with Crippen LogP contribution in [-0.4, -0.2) is 0 Å².